The number of hydrogen-bond donors (Lipinski definition) is 0. The molecule has 1 aromatic rings. The molecule has 25 heavy (non-hydrogen) atoms. The zero-order valence-electron chi connectivity index (χ0n) is 14.7. The van der Waals surface area contributed by atoms with Crippen molar-refractivity contribution in [1.82, 2.24) is 14.9 Å². The van der Waals surface area contributed by atoms with Crippen molar-refractivity contribution in [1.29, 1.82) is 0 Å². The van der Waals surface area contributed by atoms with Crippen LogP contribution >= 0.6 is 0 Å². The van der Waals surface area contributed by atoms with Crippen molar-refractivity contribution in [3.63, 3.8) is 0 Å². The van der Waals surface area contributed by atoms with E-state index in [2.05, 4.69) is 14.9 Å². The van der Waals surface area contributed by atoms with Gasteiger partial charge >= 0.3 is 0 Å². The summed E-state index contributed by atoms with van der Waals surface area (Å²) in [5, 5.41) is 0. The maximum absolute atomic E-state index is 12.7. The topological polar surface area (TPSA) is 83.5 Å². The molecular formula is C17H26N4O3S. The molecule has 2 saturated heterocycles. The number of amides is 1. The Morgan fingerprint density at radius 3 is 2.44 bits per heavy atom. The van der Waals surface area contributed by atoms with Crippen LogP contribution in [0.15, 0.2) is 12.4 Å². The maximum atomic E-state index is 12.7. The molecular weight excluding hydrogens is 340 g/mol. The molecule has 0 aromatic carbocycles. The second kappa shape index (κ2) is 7.68. The van der Waals surface area contributed by atoms with Crippen molar-refractivity contribution in [2.75, 3.05) is 36.0 Å². The summed E-state index contributed by atoms with van der Waals surface area (Å²) >= 11 is 0. The standard InChI is InChI=1S/C17H26N4O3S/c1-2-21(14-7-10-25(23,24)13-14)17(22)15-11-19-16(12-18-15)20-8-5-3-4-6-9-20/h11-12,14H,2-10,13H2,1H3. The lowest BCUT2D eigenvalue weighted by molar-refractivity contribution is 0.0702. The highest BCUT2D eigenvalue weighted by Crippen LogP contribution is 2.20. The third-order valence-corrected chi connectivity index (χ3v) is 6.79. The van der Waals surface area contributed by atoms with Crippen LogP contribution in [-0.4, -0.2) is 66.4 Å². The van der Waals surface area contributed by atoms with Crippen LogP contribution in [0.4, 0.5) is 5.82 Å². The average molecular weight is 366 g/mol. The number of hydrogen-bond acceptors (Lipinski definition) is 6. The summed E-state index contributed by atoms with van der Waals surface area (Å²) < 4.78 is 23.4. The van der Waals surface area contributed by atoms with Crippen molar-refractivity contribution in [2.24, 2.45) is 0 Å². The van der Waals surface area contributed by atoms with Gasteiger partial charge in [0, 0.05) is 25.7 Å². The quantitative estimate of drug-likeness (QED) is 0.803. The second-order valence-corrected chi connectivity index (χ2v) is 9.04. The van der Waals surface area contributed by atoms with Crippen LogP contribution in [0.5, 0.6) is 0 Å². The molecule has 2 aliphatic rings. The minimum atomic E-state index is -3.03. The Hall–Kier alpha value is -1.70. The van der Waals surface area contributed by atoms with E-state index >= 15 is 0 Å². The van der Waals surface area contributed by atoms with Crippen molar-refractivity contribution >= 4 is 21.6 Å². The SMILES string of the molecule is CCN(C(=O)c1cnc(N2CCCCCC2)cn1)C1CCS(=O)(=O)C1. The summed E-state index contributed by atoms with van der Waals surface area (Å²) in [6.45, 7) is 4.28. The highest BCUT2D eigenvalue weighted by Gasteiger charge is 2.34. The number of anilines is 1. The van der Waals surface area contributed by atoms with Crippen LogP contribution in [-0.2, 0) is 9.84 Å². The highest BCUT2D eigenvalue weighted by atomic mass is 32.2. The molecule has 0 spiro atoms. The van der Waals surface area contributed by atoms with Crippen molar-refractivity contribution in [3.8, 4) is 0 Å². The molecule has 2 fully saturated rings. The summed E-state index contributed by atoms with van der Waals surface area (Å²) in [6.07, 6.45) is 8.49. The van der Waals surface area contributed by atoms with E-state index in [1.54, 1.807) is 11.1 Å². The normalized spacial score (nSPS) is 23.2. The Balaban J connectivity index is 1.71. The molecule has 1 atom stereocenters. The summed E-state index contributed by atoms with van der Waals surface area (Å²) in [4.78, 5) is 25.3. The molecule has 8 heteroatoms. The summed E-state index contributed by atoms with van der Waals surface area (Å²) in [7, 11) is -3.03. The first-order chi connectivity index (χ1) is 12.0. The van der Waals surface area contributed by atoms with Gasteiger partial charge in [0.2, 0.25) is 0 Å². The zero-order valence-corrected chi connectivity index (χ0v) is 15.5. The Kier molecular flexibility index (Phi) is 5.56. The van der Waals surface area contributed by atoms with E-state index in [0.717, 1.165) is 31.7 Å². The molecule has 1 unspecified atom stereocenters. The Labute approximate surface area is 149 Å². The highest BCUT2D eigenvalue weighted by molar-refractivity contribution is 7.91. The molecule has 0 radical (unpaired) electrons. The molecule has 1 amide bonds. The lowest BCUT2D eigenvalue weighted by atomic mass is 10.2. The number of rotatable bonds is 4. The Morgan fingerprint density at radius 1 is 1.20 bits per heavy atom. The van der Waals surface area contributed by atoms with Gasteiger partial charge in [-0.05, 0) is 26.2 Å². The fourth-order valence-electron chi connectivity index (χ4n) is 3.63. The lowest BCUT2D eigenvalue weighted by Crippen LogP contribution is -2.41. The molecule has 0 saturated carbocycles. The van der Waals surface area contributed by atoms with Crippen LogP contribution < -0.4 is 4.90 Å². The van der Waals surface area contributed by atoms with Gasteiger partial charge in [0.05, 0.1) is 23.9 Å². The van der Waals surface area contributed by atoms with Gasteiger partial charge in [0.1, 0.15) is 11.5 Å². The van der Waals surface area contributed by atoms with Gasteiger partial charge in [0.25, 0.3) is 5.91 Å². The first-order valence-corrected chi connectivity index (χ1v) is 10.9. The molecule has 0 aliphatic carbocycles. The molecule has 0 bridgehead atoms. The number of nitrogens with zero attached hydrogens (tertiary/aromatic N) is 4. The molecule has 3 rings (SSSR count). The van der Waals surface area contributed by atoms with Gasteiger partial charge in [-0.15, -0.1) is 0 Å². The van der Waals surface area contributed by atoms with Gasteiger partial charge < -0.3 is 9.80 Å². The fourth-order valence-corrected chi connectivity index (χ4v) is 5.36. The largest absolute Gasteiger partial charge is 0.355 e. The van der Waals surface area contributed by atoms with Crippen LogP contribution in [0.1, 0.15) is 49.5 Å². The number of sulfone groups is 1. The molecule has 7 nitrogen and oxygen atoms in total. The second-order valence-electron chi connectivity index (χ2n) is 6.81. The summed E-state index contributed by atoms with van der Waals surface area (Å²) in [5.41, 5.74) is 0.282. The smallest absolute Gasteiger partial charge is 0.274 e. The van der Waals surface area contributed by atoms with Crippen molar-refractivity contribution < 1.29 is 13.2 Å². The first kappa shape index (κ1) is 18.1. The van der Waals surface area contributed by atoms with E-state index < -0.39 is 9.84 Å². The van der Waals surface area contributed by atoms with Crippen LogP contribution in [0.3, 0.4) is 0 Å². The summed E-state index contributed by atoms with van der Waals surface area (Å²) in [6, 6.07) is -0.255. The van der Waals surface area contributed by atoms with Gasteiger partial charge in [-0.3, -0.25) is 4.79 Å². The molecule has 1 aromatic heterocycles. The third-order valence-electron chi connectivity index (χ3n) is 5.04. The monoisotopic (exact) mass is 366 g/mol. The maximum Gasteiger partial charge on any atom is 0.274 e. The Bertz CT molecular complexity index is 697. The van der Waals surface area contributed by atoms with Crippen LogP contribution in [0, 0.1) is 0 Å². The van der Waals surface area contributed by atoms with Gasteiger partial charge in [-0.1, -0.05) is 12.8 Å². The van der Waals surface area contributed by atoms with Crippen LogP contribution in [0.2, 0.25) is 0 Å². The van der Waals surface area contributed by atoms with E-state index in [9.17, 15) is 13.2 Å². The lowest BCUT2D eigenvalue weighted by Gasteiger charge is -2.26. The number of carbonyl (C=O) groups is 1. The number of aromatic nitrogens is 2. The van der Waals surface area contributed by atoms with E-state index in [-0.39, 0.29) is 29.1 Å². The predicted octanol–water partition coefficient (Wildman–Crippen LogP) is 1.51. The molecule has 3 heterocycles. The minimum absolute atomic E-state index is 0.0475. The van der Waals surface area contributed by atoms with Gasteiger partial charge in [-0.2, -0.15) is 0 Å². The first-order valence-electron chi connectivity index (χ1n) is 9.08. The average Bonchev–Trinajstić information content (AvgIpc) is 2.81. The van der Waals surface area contributed by atoms with Crippen LogP contribution in [0.25, 0.3) is 0 Å². The minimum Gasteiger partial charge on any atom is -0.355 e. The van der Waals surface area contributed by atoms with Crippen molar-refractivity contribution in [3.05, 3.63) is 18.1 Å². The van der Waals surface area contributed by atoms with Gasteiger partial charge in [-0.25, -0.2) is 18.4 Å². The fraction of sp³-hybridized carbons (Fsp3) is 0.706. The van der Waals surface area contributed by atoms with E-state index in [1.807, 2.05) is 6.92 Å². The molecule has 0 N–H and O–H groups in total. The van der Waals surface area contributed by atoms with Crippen molar-refractivity contribution in [2.45, 2.75) is 45.1 Å². The van der Waals surface area contributed by atoms with Gasteiger partial charge in [0.15, 0.2) is 9.84 Å². The predicted molar refractivity (Wildman–Crippen MR) is 96.5 cm³/mol. The number of carbonyl (C=O) groups excluding carboxylic acids is 1. The van der Waals surface area contributed by atoms with E-state index in [1.165, 1.54) is 19.0 Å². The zero-order chi connectivity index (χ0) is 17.9. The molecule has 138 valence electrons. The van der Waals surface area contributed by atoms with E-state index in [4.69, 9.17) is 0 Å². The summed E-state index contributed by atoms with van der Waals surface area (Å²) in [5.74, 6) is 0.775. The third kappa shape index (κ3) is 4.29. The van der Waals surface area contributed by atoms with E-state index in [0.29, 0.717) is 13.0 Å². The Morgan fingerprint density at radius 2 is 1.92 bits per heavy atom. The molecule has 2 aliphatic heterocycles.